The molecule has 0 unspecified atom stereocenters. The number of ether oxygens (including phenoxy) is 4. The molecule has 1 aromatic heterocycles. The molecule has 3 aromatic rings. The number of pyridine rings is 1. The molecule has 0 fully saturated rings. The monoisotopic (exact) mass is 458 g/mol. The van der Waals surface area contributed by atoms with E-state index < -0.39 is 0 Å². The van der Waals surface area contributed by atoms with E-state index >= 15 is 0 Å². The first-order valence-corrected chi connectivity index (χ1v) is 11.1. The molecule has 5 rings (SSSR count). The van der Waals surface area contributed by atoms with Gasteiger partial charge < -0.3 is 18.9 Å². The van der Waals surface area contributed by atoms with Crippen molar-refractivity contribution >= 4 is 11.9 Å². The molecule has 7 heteroatoms. The van der Waals surface area contributed by atoms with E-state index in [1.165, 1.54) is 0 Å². The van der Waals surface area contributed by atoms with Crippen molar-refractivity contribution < 1.29 is 23.7 Å². The standard InChI is InChI=1S/C27H26N2O5/c1-17-26-20(13-21-25(30)24(34-27(17)21)12-19-5-4-9-28-14-19)15-29(16-33-26)10-8-18-6-7-22(31-2)23(11-18)32-3/h4-7,9,11-14H,8,10,15-16H2,1-3H3/b24-12-. The average molecular weight is 459 g/mol. The lowest BCUT2D eigenvalue weighted by Crippen LogP contribution is -2.34. The molecular formula is C27H26N2O5. The van der Waals surface area contributed by atoms with Crippen molar-refractivity contribution in [2.45, 2.75) is 19.9 Å². The summed E-state index contributed by atoms with van der Waals surface area (Å²) in [7, 11) is 3.27. The first kappa shape index (κ1) is 22.0. The van der Waals surface area contributed by atoms with Crippen molar-refractivity contribution in [1.29, 1.82) is 0 Å². The summed E-state index contributed by atoms with van der Waals surface area (Å²) >= 11 is 0. The number of nitrogens with zero attached hydrogens (tertiary/aromatic N) is 2. The van der Waals surface area contributed by atoms with Gasteiger partial charge in [-0.2, -0.15) is 0 Å². The van der Waals surface area contributed by atoms with Gasteiger partial charge in [0.1, 0.15) is 18.2 Å². The van der Waals surface area contributed by atoms with Gasteiger partial charge >= 0.3 is 0 Å². The zero-order valence-corrected chi connectivity index (χ0v) is 19.5. The van der Waals surface area contributed by atoms with Crippen LogP contribution >= 0.6 is 0 Å². The van der Waals surface area contributed by atoms with Crippen LogP contribution in [0, 0.1) is 6.92 Å². The number of Topliss-reactive ketones (excluding diaryl/α,β-unsaturated/α-hetero) is 1. The number of rotatable bonds is 6. The molecule has 0 aliphatic carbocycles. The minimum absolute atomic E-state index is 0.118. The topological polar surface area (TPSA) is 70.1 Å². The average Bonchev–Trinajstić information content (AvgIpc) is 3.18. The molecule has 0 amide bonds. The van der Waals surface area contributed by atoms with Crippen LogP contribution in [0.2, 0.25) is 0 Å². The van der Waals surface area contributed by atoms with Gasteiger partial charge in [-0.05, 0) is 54.8 Å². The Morgan fingerprint density at radius 1 is 1.12 bits per heavy atom. The third kappa shape index (κ3) is 4.10. The highest BCUT2D eigenvalue weighted by Crippen LogP contribution is 2.43. The number of hydrogen-bond acceptors (Lipinski definition) is 7. The van der Waals surface area contributed by atoms with Crippen molar-refractivity contribution in [3.63, 3.8) is 0 Å². The highest BCUT2D eigenvalue weighted by molar-refractivity contribution is 6.15. The third-order valence-corrected chi connectivity index (χ3v) is 6.15. The maximum Gasteiger partial charge on any atom is 0.231 e. The van der Waals surface area contributed by atoms with E-state index in [9.17, 15) is 4.79 Å². The molecule has 7 nitrogen and oxygen atoms in total. The smallest absolute Gasteiger partial charge is 0.231 e. The molecule has 3 heterocycles. The summed E-state index contributed by atoms with van der Waals surface area (Å²) in [6, 6.07) is 11.6. The van der Waals surface area contributed by atoms with Gasteiger partial charge in [0.15, 0.2) is 17.3 Å². The van der Waals surface area contributed by atoms with Crippen molar-refractivity contribution in [3.05, 3.63) is 82.4 Å². The first-order chi connectivity index (χ1) is 16.6. The molecule has 0 bridgehead atoms. The molecule has 2 aromatic carbocycles. The van der Waals surface area contributed by atoms with Crippen LogP contribution in [0.5, 0.6) is 23.0 Å². The number of benzene rings is 2. The molecular weight excluding hydrogens is 432 g/mol. The van der Waals surface area contributed by atoms with Crippen LogP contribution in [0.1, 0.15) is 32.6 Å². The van der Waals surface area contributed by atoms with E-state index in [1.54, 1.807) is 32.7 Å². The zero-order chi connectivity index (χ0) is 23.7. The Balaban J connectivity index is 1.32. The first-order valence-electron chi connectivity index (χ1n) is 11.1. The Morgan fingerprint density at radius 3 is 2.74 bits per heavy atom. The predicted molar refractivity (Wildman–Crippen MR) is 128 cm³/mol. The molecule has 34 heavy (non-hydrogen) atoms. The maximum atomic E-state index is 13.1. The largest absolute Gasteiger partial charge is 0.493 e. The number of hydrogen-bond donors (Lipinski definition) is 0. The molecule has 0 atom stereocenters. The molecule has 0 spiro atoms. The minimum Gasteiger partial charge on any atom is -0.493 e. The van der Waals surface area contributed by atoms with E-state index in [0.29, 0.717) is 30.3 Å². The van der Waals surface area contributed by atoms with E-state index in [2.05, 4.69) is 9.88 Å². The van der Waals surface area contributed by atoms with Gasteiger partial charge in [-0.15, -0.1) is 0 Å². The SMILES string of the molecule is COc1ccc(CCN2COc3c(cc4c(c3C)O/C(=C\c3cccnc3)C4=O)C2)cc1OC. The Bertz CT molecular complexity index is 1270. The molecule has 174 valence electrons. The highest BCUT2D eigenvalue weighted by atomic mass is 16.5. The van der Waals surface area contributed by atoms with Crippen LogP contribution in [0.3, 0.4) is 0 Å². The molecule has 0 N–H and O–H groups in total. The highest BCUT2D eigenvalue weighted by Gasteiger charge is 2.33. The minimum atomic E-state index is -0.118. The second-order valence-electron chi connectivity index (χ2n) is 8.36. The fourth-order valence-electron chi connectivity index (χ4n) is 4.38. The van der Waals surface area contributed by atoms with Gasteiger partial charge in [0.25, 0.3) is 0 Å². The Morgan fingerprint density at radius 2 is 1.97 bits per heavy atom. The van der Waals surface area contributed by atoms with Crippen LogP contribution in [0.15, 0.2) is 54.6 Å². The van der Waals surface area contributed by atoms with Crippen molar-refractivity contribution in [3.8, 4) is 23.0 Å². The second-order valence-corrected chi connectivity index (χ2v) is 8.36. The van der Waals surface area contributed by atoms with Gasteiger partial charge in [-0.1, -0.05) is 12.1 Å². The Hall–Kier alpha value is -3.84. The fraction of sp³-hybridized carbons (Fsp3) is 0.259. The van der Waals surface area contributed by atoms with Gasteiger partial charge in [0.05, 0.1) is 19.8 Å². The lowest BCUT2D eigenvalue weighted by molar-refractivity contribution is 0.0953. The molecule has 0 saturated carbocycles. The quantitative estimate of drug-likeness (QED) is 0.507. The second kappa shape index (κ2) is 9.19. The number of allylic oxidation sites excluding steroid dienone is 1. The summed E-state index contributed by atoms with van der Waals surface area (Å²) in [6.07, 6.45) is 5.96. The van der Waals surface area contributed by atoms with Gasteiger partial charge in [-0.3, -0.25) is 14.7 Å². The van der Waals surface area contributed by atoms with E-state index in [1.807, 2.05) is 43.3 Å². The number of carbonyl (C=O) groups excluding carboxylic acids is 1. The molecule has 2 aliphatic rings. The lowest BCUT2D eigenvalue weighted by atomic mass is 10.00. The Kier molecular flexibility index (Phi) is 5.94. The number of carbonyl (C=O) groups is 1. The number of ketones is 1. The van der Waals surface area contributed by atoms with Gasteiger partial charge in [-0.25, -0.2) is 0 Å². The number of aromatic nitrogens is 1. The third-order valence-electron chi connectivity index (χ3n) is 6.15. The number of methoxy groups -OCH3 is 2. The summed E-state index contributed by atoms with van der Waals surface area (Å²) in [6.45, 7) is 3.93. The summed E-state index contributed by atoms with van der Waals surface area (Å²) in [5.41, 5.74) is 4.40. The molecule has 0 saturated heterocycles. The van der Waals surface area contributed by atoms with E-state index in [-0.39, 0.29) is 5.78 Å². The fourth-order valence-corrected chi connectivity index (χ4v) is 4.38. The van der Waals surface area contributed by atoms with Crippen LogP contribution in [-0.2, 0) is 13.0 Å². The molecule has 2 aliphatic heterocycles. The van der Waals surface area contributed by atoms with E-state index in [0.717, 1.165) is 52.5 Å². The summed E-state index contributed by atoms with van der Waals surface area (Å²) in [4.78, 5) is 19.4. The van der Waals surface area contributed by atoms with Gasteiger partial charge in [0, 0.05) is 36.6 Å². The predicted octanol–water partition coefficient (Wildman–Crippen LogP) is 4.42. The summed E-state index contributed by atoms with van der Waals surface area (Å²) in [5.74, 6) is 3.01. The number of fused-ring (bicyclic) bond motifs is 2. The van der Waals surface area contributed by atoms with Crippen molar-refractivity contribution in [2.24, 2.45) is 0 Å². The van der Waals surface area contributed by atoms with Crippen LogP contribution < -0.4 is 18.9 Å². The van der Waals surface area contributed by atoms with E-state index in [4.69, 9.17) is 18.9 Å². The summed E-state index contributed by atoms with van der Waals surface area (Å²) in [5, 5.41) is 0. The van der Waals surface area contributed by atoms with Crippen molar-refractivity contribution in [1.82, 2.24) is 9.88 Å². The summed E-state index contributed by atoms with van der Waals surface area (Å²) < 4.78 is 22.8. The van der Waals surface area contributed by atoms with Crippen LogP contribution in [0.25, 0.3) is 6.08 Å². The Labute approximate surface area is 198 Å². The maximum absolute atomic E-state index is 13.1. The molecule has 0 radical (unpaired) electrons. The van der Waals surface area contributed by atoms with Gasteiger partial charge in [0.2, 0.25) is 5.78 Å². The van der Waals surface area contributed by atoms with Crippen LogP contribution in [-0.4, -0.2) is 43.2 Å². The normalized spacial score (nSPS) is 16.0. The van der Waals surface area contributed by atoms with Crippen LogP contribution in [0.4, 0.5) is 0 Å². The lowest BCUT2D eigenvalue weighted by Gasteiger charge is -2.30. The zero-order valence-electron chi connectivity index (χ0n) is 19.5. The van der Waals surface area contributed by atoms with Crippen molar-refractivity contribution in [2.75, 3.05) is 27.5 Å².